The van der Waals surface area contributed by atoms with Crippen LogP contribution in [0.15, 0.2) is 18.2 Å². The van der Waals surface area contributed by atoms with Crippen LogP contribution in [0.5, 0.6) is 0 Å². The Labute approximate surface area is 113 Å². The van der Waals surface area contributed by atoms with Crippen LogP contribution in [0.25, 0.3) is 0 Å². The first-order valence-electron chi connectivity index (χ1n) is 6.61. The molecule has 0 aliphatic carbocycles. The molecule has 2 atom stereocenters. The Hall–Kier alpha value is -1.49. The highest BCUT2D eigenvalue weighted by molar-refractivity contribution is 5.35. The molecule has 0 aromatic heterocycles. The molecule has 0 saturated heterocycles. The number of halogens is 1. The lowest BCUT2D eigenvalue weighted by Gasteiger charge is -2.21. The normalized spacial score (nSPS) is 14.1. The SMILES string of the molecule is CCCNC(C)C(C)Cc1ccc([N+](=O)[O-])c(F)c1. The predicted octanol–water partition coefficient (Wildman–Crippen LogP) is 3.30. The zero-order chi connectivity index (χ0) is 14.4. The van der Waals surface area contributed by atoms with E-state index in [0.29, 0.717) is 18.4 Å². The Kier molecular flexibility index (Phi) is 5.89. The molecule has 19 heavy (non-hydrogen) atoms. The zero-order valence-corrected chi connectivity index (χ0v) is 11.6. The molecule has 0 amide bonds. The number of rotatable bonds is 7. The maximum Gasteiger partial charge on any atom is 0.304 e. The molecule has 1 aromatic carbocycles. The number of nitrogens with zero attached hydrogens (tertiary/aromatic N) is 1. The van der Waals surface area contributed by atoms with Crippen molar-refractivity contribution < 1.29 is 9.31 Å². The summed E-state index contributed by atoms with van der Waals surface area (Å²) in [6.45, 7) is 7.25. The van der Waals surface area contributed by atoms with Crippen molar-refractivity contribution in [3.8, 4) is 0 Å². The monoisotopic (exact) mass is 268 g/mol. The van der Waals surface area contributed by atoms with Crippen LogP contribution in [-0.4, -0.2) is 17.5 Å². The summed E-state index contributed by atoms with van der Waals surface area (Å²) in [5, 5.41) is 13.9. The van der Waals surface area contributed by atoms with Gasteiger partial charge in [0.2, 0.25) is 5.82 Å². The summed E-state index contributed by atoms with van der Waals surface area (Å²) in [4.78, 5) is 9.84. The highest BCUT2D eigenvalue weighted by atomic mass is 19.1. The van der Waals surface area contributed by atoms with Crippen molar-refractivity contribution in [1.82, 2.24) is 5.32 Å². The van der Waals surface area contributed by atoms with E-state index < -0.39 is 16.4 Å². The molecule has 4 nitrogen and oxygen atoms in total. The van der Waals surface area contributed by atoms with Crippen LogP contribution < -0.4 is 5.32 Å². The maximum absolute atomic E-state index is 13.5. The van der Waals surface area contributed by atoms with E-state index in [1.165, 1.54) is 12.1 Å². The molecular weight excluding hydrogens is 247 g/mol. The van der Waals surface area contributed by atoms with Crippen molar-refractivity contribution in [1.29, 1.82) is 0 Å². The fourth-order valence-electron chi connectivity index (χ4n) is 1.95. The maximum atomic E-state index is 13.5. The van der Waals surface area contributed by atoms with Gasteiger partial charge in [-0.05, 0) is 43.9 Å². The third-order valence-corrected chi connectivity index (χ3v) is 3.34. The first-order chi connectivity index (χ1) is 8.95. The molecule has 0 saturated carbocycles. The van der Waals surface area contributed by atoms with Crippen LogP contribution in [0.1, 0.15) is 32.8 Å². The van der Waals surface area contributed by atoms with Gasteiger partial charge in [0, 0.05) is 12.1 Å². The minimum absolute atomic E-state index is 0.332. The van der Waals surface area contributed by atoms with Gasteiger partial charge < -0.3 is 5.32 Å². The average Bonchev–Trinajstić information content (AvgIpc) is 2.35. The summed E-state index contributed by atoms with van der Waals surface area (Å²) in [7, 11) is 0. The van der Waals surface area contributed by atoms with Gasteiger partial charge in [0.15, 0.2) is 0 Å². The highest BCUT2D eigenvalue weighted by Gasteiger charge is 2.16. The number of benzene rings is 1. The van der Waals surface area contributed by atoms with E-state index in [1.807, 2.05) is 0 Å². The Bertz CT molecular complexity index is 437. The lowest BCUT2D eigenvalue weighted by atomic mass is 9.94. The van der Waals surface area contributed by atoms with Gasteiger partial charge >= 0.3 is 5.69 Å². The van der Waals surface area contributed by atoms with Crippen molar-refractivity contribution in [3.63, 3.8) is 0 Å². The quantitative estimate of drug-likeness (QED) is 0.609. The minimum Gasteiger partial charge on any atom is -0.314 e. The topological polar surface area (TPSA) is 55.2 Å². The van der Waals surface area contributed by atoms with Crippen LogP contribution in [-0.2, 0) is 6.42 Å². The number of hydrogen-bond acceptors (Lipinski definition) is 3. The molecule has 0 heterocycles. The van der Waals surface area contributed by atoms with Gasteiger partial charge in [0.1, 0.15) is 0 Å². The van der Waals surface area contributed by atoms with Gasteiger partial charge in [-0.25, -0.2) is 0 Å². The van der Waals surface area contributed by atoms with Gasteiger partial charge in [-0.2, -0.15) is 4.39 Å². The molecule has 1 rings (SSSR count). The van der Waals surface area contributed by atoms with Crippen LogP contribution in [0.2, 0.25) is 0 Å². The number of hydrogen-bond donors (Lipinski definition) is 1. The van der Waals surface area contributed by atoms with Crippen molar-refractivity contribution in [2.75, 3.05) is 6.54 Å². The molecule has 0 aliphatic rings. The van der Waals surface area contributed by atoms with E-state index in [4.69, 9.17) is 0 Å². The Morgan fingerprint density at radius 2 is 2.11 bits per heavy atom. The van der Waals surface area contributed by atoms with Gasteiger partial charge in [-0.3, -0.25) is 10.1 Å². The summed E-state index contributed by atoms with van der Waals surface area (Å²) in [5.74, 6) is -0.420. The van der Waals surface area contributed by atoms with Crippen molar-refractivity contribution >= 4 is 5.69 Å². The fraction of sp³-hybridized carbons (Fsp3) is 0.571. The minimum atomic E-state index is -0.760. The number of nitrogens with one attached hydrogen (secondary N) is 1. The third kappa shape index (κ3) is 4.59. The Balaban J connectivity index is 2.67. The van der Waals surface area contributed by atoms with E-state index >= 15 is 0 Å². The Morgan fingerprint density at radius 3 is 2.63 bits per heavy atom. The molecule has 0 spiro atoms. The summed E-state index contributed by atoms with van der Waals surface area (Å²) >= 11 is 0. The summed E-state index contributed by atoms with van der Waals surface area (Å²) in [6.07, 6.45) is 1.77. The van der Waals surface area contributed by atoms with Crippen LogP contribution in [0, 0.1) is 21.8 Å². The first kappa shape index (κ1) is 15.6. The molecule has 0 fully saturated rings. The van der Waals surface area contributed by atoms with Gasteiger partial charge in [0.05, 0.1) is 4.92 Å². The van der Waals surface area contributed by atoms with Crippen molar-refractivity contribution in [2.24, 2.45) is 5.92 Å². The summed E-state index contributed by atoms with van der Waals surface area (Å²) in [5.41, 5.74) is 0.328. The molecule has 1 aromatic rings. The van der Waals surface area contributed by atoms with E-state index in [0.717, 1.165) is 18.5 Å². The molecular formula is C14H21FN2O2. The fourth-order valence-corrected chi connectivity index (χ4v) is 1.95. The molecule has 0 radical (unpaired) electrons. The van der Waals surface area contributed by atoms with Crippen LogP contribution in [0.3, 0.4) is 0 Å². The average molecular weight is 268 g/mol. The van der Waals surface area contributed by atoms with E-state index in [1.54, 1.807) is 6.07 Å². The second-order valence-corrected chi connectivity index (χ2v) is 4.97. The zero-order valence-electron chi connectivity index (χ0n) is 11.6. The molecule has 106 valence electrons. The highest BCUT2D eigenvalue weighted by Crippen LogP contribution is 2.20. The van der Waals surface area contributed by atoms with E-state index in [9.17, 15) is 14.5 Å². The first-order valence-corrected chi connectivity index (χ1v) is 6.61. The van der Waals surface area contributed by atoms with E-state index in [-0.39, 0.29) is 0 Å². The lowest BCUT2D eigenvalue weighted by Crippen LogP contribution is -2.33. The molecule has 1 N–H and O–H groups in total. The second kappa shape index (κ2) is 7.19. The van der Waals surface area contributed by atoms with E-state index in [2.05, 4.69) is 26.1 Å². The van der Waals surface area contributed by atoms with Gasteiger partial charge in [-0.15, -0.1) is 0 Å². The van der Waals surface area contributed by atoms with Crippen LogP contribution in [0.4, 0.5) is 10.1 Å². The molecule has 0 bridgehead atoms. The summed E-state index contributed by atoms with van der Waals surface area (Å²) in [6, 6.07) is 4.46. The third-order valence-electron chi connectivity index (χ3n) is 3.34. The number of nitro benzene ring substituents is 1. The standard InChI is InChI=1S/C14H21FN2O2/c1-4-7-16-11(3)10(2)8-12-5-6-14(17(18)19)13(15)9-12/h5-6,9-11,16H,4,7-8H2,1-3H3. The Morgan fingerprint density at radius 1 is 1.42 bits per heavy atom. The molecule has 5 heteroatoms. The van der Waals surface area contributed by atoms with Crippen molar-refractivity contribution in [2.45, 2.75) is 39.7 Å². The van der Waals surface area contributed by atoms with Gasteiger partial charge in [-0.1, -0.05) is 19.9 Å². The molecule has 0 aliphatic heterocycles. The predicted molar refractivity (Wildman–Crippen MR) is 73.7 cm³/mol. The smallest absolute Gasteiger partial charge is 0.304 e. The second-order valence-electron chi connectivity index (χ2n) is 4.97. The molecule has 2 unspecified atom stereocenters. The number of nitro groups is 1. The van der Waals surface area contributed by atoms with Crippen LogP contribution >= 0.6 is 0 Å². The summed E-state index contributed by atoms with van der Waals surface area (Å²) < 4.78 is 13.5. The van der Waals surface area contributed by atoms with Gasteiger partial charge in [0.25, 0.3) is 0 Å². The largest absolute Gasteiger partial charge is 0.314 e. The van der Waals surface area contributed by atoms with Crippen molar-refractivity contribution in [3.05, 3.63) is 39.7 Å². The lowest BCUT2D eigenvalue weighted by molar-refractivity contribution is -0.387.